The van der Waals surface area contributed by atoms with Gasteiger partial charge in [0.15, 0.2) is 0 Å². The van der Waals surface area contributed by atoms with Crippen molar-refractivity contribution in [1.82, 2.24) is 24.9 Å². The normalized spacial score (nSPS) is 26.7. The number of morpholine rings is 1. The van der Waals surface area contributed by atoms with Crippen molar-refractivity contribution in [2.45, 2.75) is 28.5 Å². The third-order valence-corrected chi connectivity index (χ3v) is 9.16. The molecule has 3 aliphatic rings. The standard InChI is InChI=1S/C21H24N6O6S2/c28-35(29,18-5-2-10-34-18)23-16-12-31-20-17(13-32-19(16)20)27-21(22-24-25-27)33-15-4-1-3-14(11-15)26-6-8-30-9-7-26/h1-5,10-11,16-17,19-20,23H,6-9,12-13H2. The van der Waals surface area contributed by atoms with Crippen molar-refractivity contribution < 1.29 is 27.4 Å². The molecule has 0 bridgehead atoms. The number of nitrogens with zero attached hydrogens (tertiary/aromatic N) is 5. The first-order valence-corrected chi connectivity index (χ1v) is 13.6. The maximum atomic E-state index is 12.7. The topological polar surface area (TPSA) is 130 Å². The van der Waals surface area contributed by atoms with E-state index in [1.54, 1.807) is 22.2 Å². The molecular weight excluding hydrogens is 496 g/mol. The monoisotopic (exact) mass is 520 g/mol. The second kappa shape index (κ2) is 9.44. The second-order valence-electron chi connectivity index (χ2n) is 8.43. The van der Waals surface area contributed by atoms with Gasteiger partial charge in [0.2, 0.25) is 10.0 Å². The number of ether oxygens (including phenoxy) is 4. The van der Waals surface area contributed by atoms with Crippen LogP contribution < -0.4 is 14.4 Å². The molecule has 4 unspecified atom stereocenters. The summed E-state index contributed by atoms with van der Waals surface area (Å²) in [5, 5.41) is 13.7. The maximum Gasteiger partial charge on any atom is 0.341 e. The van der Waals surface area contributed by atoms with E-state index in [-0.39, 0.29) is 29.5 Å². The van der Waals surface area contributed by atoms with Crippen molar-refractivity contribution in [2.24, 2.45) is 0 Å². The zero-order valence-electron chi connectivity index (χ0n) is 18.6. The fourth-order valence-electron chi connectivity index (χ4n) is 4.60. The van der Waals surface area contributed by atoms with Gasteiger partial charge >= 0.3 is 6.01 Å². The highest BCUT2D eigenvalue weighted by Gasteiger charge is 2.51. The van der Waals surface area contributed by atoms with E-state index >= 15 is 0 Å². The van der Waals surface area contributed by atoms with Gasteiger partial charge in [-0.1, -0.05) is 17.2 Å². The zero-order valence-corrected chi connectivity index (χ0v) is 20.2. The number of hydrogen-bond donors (Lipinski definition) is 1. The van der Waals surface area contributed by atoms with Crippen LogP contribution in [-0.4, -0.2) is 86.4 Å². The van der Waals surface area contributed by atoms with Gasteiger partial charge in [-0.2, -0.15) is 4.68 Å². The fourth-order valence-corrected chi connectivity index (χ4v) is 6.84. The molecule has 0 amide bonds. The number of aromatic nitrogens is 4. The number of tetrazole rings is 1. The number of benzene rings is 1. The Balaban J connectivity index is 1.16. The van der Waals surface area contributed by atoms with Crippen LogP contribution in [0.1, 0.15) is 6.04 Å². The Morgan fingerprint density at radius 2 is 1.94 bits per heavy atom. The molecule has 35 heavy (non-hydrogen) atoms. The first-order chi connectivity index (χ1) is 17.1. The zero-order chi connectivity index (χ0) is 23.8. The predicted octanol–water partition coefficient (Wildman–Crippen LogP) is 1.05. The quantitative estimate of drug-likeness (QED) is 0.482. The molecule has 14 heteroatoms. The summed E-state index contributed by atoms with van der Waals surface area (Å²) in [7, 11) is -3.65. The molecule has 3 aromatic rings. The third kappa shape index (κ3) is 4.52. The highest BCUT2D eigenvalue weighted by atomic mass is 32.2. The van der Waals surface area contributed by atoms with Crippen molar-refractivity contribution in [3.8, 4) is 11.8 Å². The van der Waals surface area contributed by atoms with Crippen LogP contribution in [0, 0.1) is 0 Å². The van der Waals surface area contributed by atoms with Crippen LogP contribution in [0.15, 0.2) is 46.0 Å². The van der Waals surface area contributed by atoms with Crippen LogP contribution in [-0.2, 0) is 24.2 Å². The molecule has 1 N–H and O–H groups in total. The summed E-state index contributed by atoms with van der Waals surface area (Å²) in [4.78, 5) is 2.23. The molecule has 4 atom stereocenters. The predicted molar refractivity (Wildman–Crippen MR) is 124 cm³/mol. The molecule has 0 aliphatic carbocycles. The Morgan fingerprint density at radius 1 is 1.09 bits per heavy atom. The summed E-state index contributed by atoms with van der Waals surface area (Å²) in [5.41, 5.74) is 1.04. The van der Waals surface area contributed by atoms with E-state index in [9.17, 15) is 8.42 Å². The molecule has 0 spiro atoms. The summed E-state index contributed by atoms with van der Waals surface area (Å²) < 4.78 is 53.2. The molecule has 2 aromatic heterocycles. The van der Waals surface area contributed by atoms with E-state index in [4.69, 9.17) is 18.9 Å². The second-order valence-corrected chi connectivity index (χ2v) is 11.3. The van der Waals surface area contributed by atoms with Crippen LogP contribution in [0.4, 0.5) is 5.69 Å². The summed E-state index contributed by atoms with van der Waals surface area (Å²) in [5.74, 6) is 0.606. The molecule has 3 fully saturated rings. The Kier molecular flexibility index (Phi) is 6.16. The van der Waals surface area contributed by atoms with E-state index in [0.29, 0.717) is 19.0 Å². The number of hydrogen-bond acceptors (Lipinski definition) is 11. The van der Waals surface area contributed by atoms with Gasteiger partial charge in [-0.05, 0) is 34.0 Å². The van der Waals surface area contributed by atoms with Crippen LogP contribution in [0.25, 0.3) is 0 Å². The number of anilines is 1. The van der Waals surface area contributed by atoms with Crippen molar-refractivity contribution in [2.75, 3.05) is 44.4 Å². The molecule has 0 radical (unpaired) electrons. The highest BCUT2D eigenvalue weighted by molar-refractivity contribution is 7.91. The molecule has 6 rings (SSSR count). The summed E-state index contributed by atoms with van der Waals surface area (Å²) in [6.45, 7) is 3.48. The average molecular weight is 521 g/mol. The molecule has 1 aromatic carbocycles. The lowest BCUT2D eigenvalue weighted by Gasteiger charge is -2.29. The Bertz CT molecular complexity index is 1260. The minimum atomic E-state index is -3.65. The van der Waals surface area contributed by atoms with Crippen LogP contribution in [0.3, 0.4) is 0 Å². The van der Waals surface area contributed by atoms with Gasteiger partial charge in [0.1, 0.15) is 28.2 Å². The minimum Gasteiger partial charge on any atom is -0.423 e. The van der Waals surface area contributed by atoms with Crippen LogP contribution in [0.5, 0.6) is 11.8 Å². The third-order valence-electron chi connectivity index (χ3n) is 6.27. The van der Waals surface area contributed by atoms with Gasteiger partial charge in [-0.3, -0.25) is 0 Å². The van der Waals surface area contributed by atoms with Gasteiger partial charge < -0.3 is 23.8 Å². The van der Waals surface area contributed by atoms with Gasteiger partial charge in [0.25, 0.3) is 0 Å². The lowest BCUT2D eigenvalue weighted by atomic mass is 10.1. The van der Waals surface area contributed by atoms with Crippen molar-refractivity contribution in [1.29, 1.82) is 0 Å². The maximum absolute atomic E-state index is 12.7. The van der Waals surface area contributed by atoms with Crippen molar-refractivity contribution in [3.63, 3.8) is 0 Å². The van der Waals surface area contributed by atoms with Gasteiger partial charge in [0.05, 0.1) is 32.5 Å². The van der Waals surface area contributed by atoms with E-state index in [1.165, 1.54) is 0 Å². The molecular formula is C21H24N6O6S2. The van der Waals surface area contributed by atoms with Crippen molar-refractivity contribution in [3.05, 3.63) is 41.8 Å². The van der Waals surface area contributed by atoms with Crippen LogP contribution in [0.2, 0.25) is 0 Å². The largest absolute Gasteiger partial charge is 0.423 e. The molecule has 3 saturated heterocycles. The van der Waals surface area contributed by atoms with Gasteiger partial charge in [0, 0.05) is 24.8 Å². The average Bonchev–Trinajstić information content (AvgIpc) is 3.66. The molecule has 186 valence electrons. The highest BCUT2D eigenvalue weighted by Crippen LogP contribution is 2.37. The van der Waals surface area contributed by atoms with E-state index in [1.807, 2.05) is 24.3 Å². The summed E-state index contributed by atoms with van der Waals surface area (Å²) in [6.07, 6.45) is -0.881. The van der Waals surface area contributed by atoms with Gasteiger partial charge in [-0.15, -0.1) is 11.3 Å². The van der Waals surface area contributed by atoms with E-state index < -0.39 is 28.3 Å². The van der Waals surface area contributed by atoms with E-state index in [2.05, 4.69) is 25.1 Å². The van der Waals surface area contributed by atoms with Crippen molar-refractivity contribution >= 4 is 27.0 Å². The number of fused-ring (bicyclic) bond motifs is 1. The first-order valence-electron chi connectivity index (χ1n) is 11.3. The number of rotatable bonds is 7. The fraction of sp³-hybridized carbons (Fsp3) is 0.476. The number of sulfonamides is 1. The molecule has 12 nitrogen and oxygen atoms in total. The minimum absolute atomic E-state index is 0.191. The molecule has 5 heterocycles. The Hall–Kier alpha value is -2.62. The van der Waals surface area contributed by atoms with E-state index in [0.717, 1.165) is 30.1 Å². The summed E-state index contributed by atoms with van der Waals surface area (Å²) in [6, 6.07) is 10.4. The Labute approximate surface area is 205 Å². The lowest BCUT2D eigenvalue weighted by Crippen LogP contribution is -2.43. The Morgan fingerprint density at radius 3 is 2.77 bits per heavy atom. The first kappa shape index (κ1) is 22.8. The number of thiophene rings is 1. The van der Waals surface area contributed by atoms with Gasteiger partial charge in [-0.25, -0.2) is 13.1 Å². The smallest absolute Gasteiger partial charge is 0.341 e. The van der Waals surface area contributed by atoms with Crippen LogP contribution >= 0.6 is 11.3 Å². The number of nitrogens with one attached hydrogen (secondary N) is 1. The molecule has 0 saturated carbocycles. The summed E-state index contributed by atoms with van der Waals surface area (Å²) >= 11 is 1.16. The lowest BCUT2D eigenvalue weighted by molar-refractivity contribution is 0.0615. The molecule has 3 aliphatic heterocycles. The SMILES string of the molecule is O=S(=O)(NC1COC2C1OCC2n1nnnc1Oc1cccc(N2CCOCC2)c1)c1cccs1.